The number of hydrogen-bond acceptors (Lipinski definition) is 4. The molecule has 1 aromatic carbocycles. The summed E-state index contributed by atoms with van der Waals surface area (Å²) in [6.45, 7) is 3.90. The molecule has 0 unspecified atom stereocenters. The van der Waals surface area contributed by atoms with Gasteiger partial charge in [0.1, 0.15) is 0 Å². The number of halogens is 1. The van der Waals surface area contributed by atoms with E-state index in [4.69, 9.17) is 16.3 Å². The average molecular weight is 280 g/mol. The molecule has 0 N–H and O–H groups in total. The summed E-state index contributed by atoms with van der Waals surface area (Å²) in [6, 6.07) is 7.35. The predicted molar refractivity (Wildman–Crippen MR) is 72.6 cm³/mol. The van der Waals surface area contributed by atoms with E-state index >= 15 is 0 Å². The third-order valence-corrected chi connectivity index (χ3v) is 2.77. The SMILES string of the molecule is CCCOc1nc(-c2ccccc2Cl)n(C(C)=O)n1. The summed E-state index contributed by atoms with van der Waals surface area (Å²) in [7, 11) is 0. The van der Waals surface area contributed by atoms with Crippen LogP contribution in [0.1, 0.15) is 25.1 Å². The van der Waals surface area contributed by atoms with Crippen LogP contribution < -0.4 is 4.74 Å². The zero-order chi connectivity index (χ0) is 13.8. The maximum Gasteiger partial charge on any atom is 0.336 e. The Kier molecular flexibility index (Phi) is 4.16. The second kappa shape index (κ2) is 5.84. The largest absolute Gasteiger partial charge is 0.462 e. The standard InChI is InChI=1S/C13H14ClN3O2/c1-3-8-19-13-15-12(17(16-13)9(2)18)10-6-4-5-7-11(10)14/h4-7H,3,8H2,1-2H3. The Hall–Kier alpha value is -1.88. The highest BCUT2D eigenvalue weighted by Crippen LogP contribution is 2.27. The summed E-state index contributed by atoms with van der Waals surface area (Å²) in [4.78, 5) is 15.8. The van der Waals surface area contributed by atoms with Gasteiger partial charge in [0.05, 0.1) is 11.6 Å². The van der Waals surface area contributed by atoms with Crippen molar-refractivity contribution < 1.29 is 9.53 Å². The molecule has 0 saturated carbocycles. The first-order chi connectivity index (χ1) is 9.13. The fourth-order valence-electron chi connectivity index (χ4n) is 1.58. The van der Waals surface area contributed by atoms with Gasteiger partial charge in [-0.1, -0.05) is 30.7 Å². The van der Waals surface area contributed by atoms with Crippen LogP contribution in [-0.4, -0.2) is 27.3 Å². The number of rotatable bonds is 4. The number of benzene rings is 1. The van der Waals surface area contributed by atoms with Gasteiger partial charge in [0.25, 0.3) is 0 Å². The van der Waals surface area contributed by atoms with Gasteiger partial charge < -0.3 is 4.74 Å². The van der Waals surface area contributed by atoms with E-state index in [1.54, 1.807) is 12.1 Å². The summed E-state index contributed by atoms with van der Waals surface area (Å²) in [5.41, 5.74) is 0.651. The van der Waals surface area contributed by atoms with Gasteiger partial charge in [-0.3, -0.25) is 4.79 Å². The van der Waals surface area contributed by atoms with Crippen LogP contribution in [0.4, 0.5) is 0 Å². The third-order valence-electron chi connectivity index (χ3n) is 2.44. The molecule has 0 fully saturated rings. The third kappa shape index (κ3) is 2.93. The average Bonchev–Trinajstić information content (AvgIpc) is 2.81. The van der Waals surface area contributed by atoms with Crippen LogP contribution in [0.3, 0.4) is 0 Å². The van der Waals surface area contributed by atoms with E-state index in [1.807, 2.05) is 19.1 Å². The van der Waals surface area contributed by atoms with Gasteiger partial charge in [0.2, 0.25) is 5.91 Å². The zero-order valence-corrected chi connectivity index (χ0v) is 11.5. The fourth-order valence-corrected chi connectivity index (χ4v) is 1.80. The van der Waals surface area contributed by atoms with Crippen molar-refractivity contribution in [1.82, 2.24) is 14.8 Å². The summed E-state index contributed by atoms with van der Waals surface area (Å²) in [6.07, 6.45) is 0.843. The molecule has 0 spiro atoms. The fraction of sp³-hybridized carbons (Fsp3) is 0.308. The van der Waals surface area contributed by atoms with E-state index in [0.717, 1.165) is 6.42 Å². The number of ether oxygens (including phenoxy) is 1. The number of hydrogen-bond donors (Lipinski definition) is 0. The minimum Gasteiger partial charge on any atom is -0.462 e. The molecular weight excluding hydrogens is 266 g/mol. The highest BCUT2D eigenvalue weighted by atomic mass is 35.5. The normalized spacial score (nSPS) is 10.5. The molecule has 1 heterocycles. The van der Waals surface area contributed by atoms with Gasteiger partial charge in [0, 0.05) is 12.5 Å². The van der Waals surface area contributed by atoms with Gasteiger partial charge in [-0.15, -0.1) is 5.10 Å². The van der Waals surface area contributed by atoms with E-state index in [0.29, 0.717) is 23.0 Å². The lowest BCUT2D eigenvalue weighted by molar-refractivity contribution is 0.0921. The summed E-state index contributed by atoms with van der Waals surface area (Å²) < 4.78 is 6.55. The quantitative estimate of drug-likeness (QED) is 0.863. The molecule has 2 aromatic rings. The second-order valence-electron chi connectivity index (χ2n) is 3.98. The van der Waals surface area contributed by atoms with Crippen molar-refractivity contribution in [2.24, 2.45) is 0 Å². The molecule has 2 rings (SSSR count). The lowest BCUT2D eigenvalue weighted by atomic mass is 10.2. The van der Waals surface area contributed by atoms with Gasteiger partial charge in [-0.25, -0.2) is 0 Å². The molecule has 0 aliphatic rings. The molecule has 1 aromatic heterocycles. The second-order valence-corrected chi connectivity index (χ2v) is 4.38. The topological polar surface area (TPSA) is 57.0 Å². The highest BCUT2D eigenvalue weighted by molar-refractivity contribution is 6.33. The van der Waals surface area contributed by atoms with E-state index in [2.05, 4.69) is 10.1 Å². The van der Waals surface area contributed by atoms with Crippen molar-refractivity contribution in [1.29, 1.82) is 0 Å². The van der Waals surface area contributed by atoms with Crippen LogP contribution in [-0.2, 0) is 0 Å². The molecule has 0 bridgehead atoms. The number of carbonyl (C=O) groups is 1. The molecule has 0 saturated heterocycles. The van der Waals surface area contributed by atoms with E-state index < -0.39 is 0 Å². The summed E-state index contributed by atoms with van der Waals surface area (Å²) in [5, 5.41) is 4.55. The molecule has 0 aliphatic carbocycles. The Labute approximate surface area is 116 Å². The van der Waals surface area contributed by atoms with E-state index in [-0.39, 0.29) is 11.9 Å². The Morgan fingerprint density at radius 2 is 2.16 bits per heavy atom. The van der Waals surface area contributed by atoms with Crippen molar-refractivity contribution in [3.8, 4) is 17.4 Å². The summed E-state index contributed by atoms with van der Waals surface area (Å²) >= 11 is 6.12. The number of nitrogens with zero attached hydrogens (tertiary/aromatic N) is 3. The highest BCUT2D eigenvalue weighted by Gasteiger charge is 2.17. The Morgan fingerprint density at radius 1 is 1.42 bits per heavy atom. The van der Waals surface area contributed by atoms with Crippen LogP contribution in [0.2, 0.25) is 5.02 Å². The van der Waals surface area contributed by atoms with Crippen LogP contribution in [0.25, 0.3) is 11.4 Å². The molecule has 0 atom stereocenters. The Morgan fingerprint density at radius 3 is 2.79 bits per heavy atom. The first-order valence-corrected chi connectivity index (χ1v) is 6.37. The molecular formula is C13H14ClN3O2. The first kappa shape index (κ1) is 13.5. The predicted octanol–water partition coefficient (Wildman–Crippen LogP) is 3.05. The Bertz CT molecular complexity index is 595. The van der Waals surface area contributed by atoms with Crippen LogP contribution in [0.15, 0.2) is 24.3 Å². The summed E-state index contributed by atoms with van der Waals surface area (Å²) in [5.74, 6) is 0.151. The Balaban J connectivity index is 2.46. The number of aromatic nitrogens is 3. The van der Waals surface area contributed by atoms with E-state index in [1.165, 1.54) is 11.6 Å². The van der Waals surface area contributed by atoms with Crippen molar-refractivity contribution >= 4 is 17.5 Å². The molecule has 0 radical (unpaired) electrons. The lowest BCUT2D eigenvalue weighted by Gasteiger charge is -2.02. The maximum absolute atomic E-state index is 11.6. The molecule has 19 heavy (non-hydrogen) atoms. The first-order valence-electron chi connectivity index (χ1n) is 5.99. The lowest BCUT2D eigenvalue weighted by Crippen LogP contribution is -2.09. The van der Waals surface area contributed by atoms with Crippen molar-refractivity contribution in [2.75, 3.05) is 6.61 Å². The smallest absolute Gasteiger partial charge is 0.336 e. The van der Waals surface area contributed by atoms with Crippen LogP contribution >= 0.6 is 11.6 Å². The monoisotopic (exact) mass is 279 g/mol. The molecule has 0 amide bonds. The van der Waals surface area contributed by atoms with E-state index in [9.17, 15) is 4.79 Å². The minimum atomic E-state index is -0.242. The molecule has 100 valence electrons. The van der Waals surface area contributed by atoms with Crippen LogP contribution in [0.5, 0.6) is 6.01 Å². The van der Waals surface area contributed by atoms with Crippen molar-refractivity contribution in [3.05, 3.63) is 29.3 Å². The zero-order valence-electron chi connectivity index (χ0n) is 10.8. The maximum atomic E-state index is 11.6. The van der Waals surface area contributed by atoms with Gasteiger partial charge >= 0.3 is 6.01 Å². The molecule has 0 aliphatic heterocycles. The molecule has 6 heteroatoms. The molecule has 5 nitrogen and oxygen atoms in total. The minimum absolute atomic E-state index is 0.187. The van der Waals surface area contributed by atoms with Gasteiger partial charge in [-0.2, -0.15) is 9.67 Å². The van der Waals surface area contributed by atoms with Crippen molar-refractivity contribution in [2.45, 2.75) is 20.3 Å². The number of carbonyl (C=O) groups excluding carboxylic acids is 1. The van der Waals surface area contributed by atoms with Crippen molar-refractivity contribution in [3.63, 3.8) is 0 Å². The van der Waals surface area contributed by atoms with Crippen LogP contribution in [0, 0.1) is 0 Å². The van der Waals surface area contributed by atoms with Gasteiger partial charge in [-0.05, 0) is 18.6 Å². The van der Waals surface area contributed by atoms with Gasteiger partial charge in [0.15, 0.2) is 5.82 Å².